The van der Waals surface area contributed by atoms with Gasteiger partial charge in [-0.1, -0.05) is 0 Å². The smallest absolute Gasteiger partial charge is 0.341 e. The van der Waals surface area contributed by atoms with Gasteiger partial charge in [-0.25, -0.2) is 17.9 Å². The zero-order valence-corrected chi connectivity index (χ0v) is 16.1. The van der Waals surface area contributed by atoms with Crippen molar-refractivity contribution in [1.82, 2.24) is 9.29 Å². The van der Waals surface area contributed by atoms with Gasteiger partial charge in [-0.3, -0.25) is 0 Å². The molecule has 1 aromatic heterocycles. The maximum atomic E-state index is 12.7. The number of aromatic nitrogens is 1. The van der Waals surface area contributed by atoms with Gasteiger partial charge in [-0.15, -0.1) is 0 Å². The molecule has 138 valence electrons. The highest BCUT2D eigenvalue weighted by Crippen LogP contribution is 2.26. The molecular weight excluding hydrogens is 332 g/mol. The number of nitrogens with zero attached hydrogens (tertiary/aromatic N) is 1. The van der Waals surface area contributed by atoms with Crippen LogP contribution in [0.15, 0.2) is 4.90 Å². The number of carbonyl (C=O) groups excluding carboxylic acids is 1. The average Bonchev–Trinajstić information content (AvgIpc) is 2.71. The fourth-order valence-electron chi connectivity index (χ4n) is 2.36. The van der Waals surface area contributed by atoms with Crippen molar-refractivity contribution in [2.45, 2.75) is 52.0 Å². The van der Waals surface area contributed by atoms with Crippen LogP contribution in [0.2, 0.25) is 0 Å². The highest BCUT2D eigenvalue weighted by molar-refractivity contribution is 7.89. The topological polar surface area (TPSA) is 86.6 Å². The maximum Gasteiger partial charge on any atom is 0.341 e. The summed E-state index contributed by atoms with van der Waals surface area (Å²) in [7, 11) is -2.09. The van der Waals surface area contributed by atoms with Crippen LogP contribution in [0.5, 0.6) is 0 Å². The van der Waals surface area contributed by atoms with Crippen LogP contribution in [-0.2, 0) is 26.5 Å². The molecule has 0 aromatic carbocycles. The minimum atomic E-state index is -3.81. The first-order valence-electron chi connectivity index (χ1n) is 8.07. The molecule has 7 nitrogen and oxygen atoms in total. The molecule has 0 aliphatic rings. The summed E-state index contributed by atoms with van der Waals surface area (Å²) >= 11 is 0. The van der Waals surface area contributed by atoms with Crippen LogP contribution in [0, 0.1) is 13.8 Å². The number of hydrogen-bond donors (Lipinski definition) is 1. The third-order valence-electron chi connectivity index (χ3n) is 3.74. The first-order chi connectivity index (χ1) is 11.1. The Morgan fingerprint density at radius 3 is 2.42 bits per heavy atom. The van der Waals surface area contributed by atoms with E-state index in [1.807, 2.05) is 13.8 Å². The van der Waals surface area contributed by atoms with Gasteiger partial charge < -0.3 is 14.0 Å². The van der Waals surface area contributed by atoms with Crippen LogP contribution in [0.25, 0.3) is 0 Å². The molecule has 0 fully saturated rings. The van der Waals surface area contributed by atoms with E-state index in [2.05, 4.69) is 4.72 Å². The van der Waals surface area contributed by atoms with E-state index in [4.69, 9.17) is 9.47 Å². The predicted octanol–water partition coefficient (Wildman–Crippen LogP) is 1.91. The zero-order chi connectivity index (χ0) is 18.5. The average molecular weight is 360 g/mol. The fourth-order valence-corrected chi connectivity index (χ4v) is 3.94. The maximum absolute atomic E-state index is 12.7. The van der Waals surface area contributed by atoms with E-state index in [1.54, 1.807) is 32.4 Å². The Kier molecular flexibility index (Phi) is 7.44. The first-order valence-corrected chi connectivity index (χ1v) is 9.56. The quantitative estimate of drug-likeness (QED) is 0.537. The second kappa shape index (κ2) is 8.64. The predicted molar refractivity (Wildman–Crippen MR) is 91.7 cm³/mol. The Labute approximate surface area is 144 Å². The van der Waals surface area contributed by atoms with Crippen molar-refractivity contribution in [2.24, 2.45) is 7.05 Å². The first kappa shape index (κ1) is 20.7. The fraction of sp³-hybridized carbons (Fsp3) is 0.688. The lowest BCUT2D eigenvalue weighted by Gasteiger charge is -2.10. The normalized spacial score (nSPS) is 12.0. The number of carbonyl (C=O) groups is 1. The molecule has 24 heavy (non-hydrogen) atoms. The van der Waals surface area contributed by atoms with E-state index < -0.39 is 16.0 Å². The van der Waals surface area contributed by atoms with Crippen molar-refractivity contribution in [1.29, 1.82) is 0 Å². The number of ether oxygens (including phenoxy) is 2. The van der Waals surface area contributed by atoms with E-state index in [-0.39, 0.29) is 29.7 Å². The van der Waals surface area contributed by atoms with Gasteiger partial charge >= 0.3 is 5.97 Å². The Bertz CT molecular complexity index is 677. The Morgan fingerprint density at radius 1 is 1.25 bits per heavy atom. The van der Waals surface area contributed by atoms with Crippen molar-refractivity contribution in [3.05, 3.63) is 17.0 Å². The molecule has 0 saturated heterocycles. The second-order valence-electron chi connectivity index (χ2n) is 5.83. The molecular formula is C16H28N2O5S. The second-order valence-corrected chi connectivity index (χ2v) is 7.53. The molecule has 0 bridgehead atoms. The monoisotopic (exact) mass is 360 g/mol. The summed E-state index contributed by atoms with van der Waals surface area (Å²) < 4.78 is 40.0. The molecule has 1 aromatic rings. The Balaban J connectivity index is 3.02. The van der Waals surface area contributed by atoms with E-state index in [0.717, 1.165) is 0 Å². The van der Waals surface area contributed by atoms with Gasteiger partial charge in [0.1, 0.15) is 10.5 Å². The summed E-state index contributed by atoms with van der Waals surface area (Å²) in [4.78, 5) is 12.2. The van der Waals surface area contributed by atoms with Crippen molar-refractivity contribution in [3.63, 3.8) is 0 Å². The van der Waals surface area contributed by atoms with E-state index in [9.17, 15) is 13.2 Å². The van der Waals surface area contributed by atoms with E-state index in [1.165, 1.54) is 0 Å². The molecule has 0 atom stereocenters. The Hall–Kier alpha value is -1.38. The highest BCUT2D eigenvalue weighted by Gasteiger charge is 2.31. The largest absolute Gasteiger partial charge is 0.462 e. The SMILES string of the molecule is CCOC(=O)c1c(S(=O)(=O)NCCCOC(C)C)c(C)n(C)c1C. The standard InChI is InChI=1S/C16H28N2O5S/c1-7-22-16(19)14-12(4)18(6)13(5)15(14)24(20,21)17-9-8-10-23-11(2)3/h11,17H,7-10H2,1-6H3. The van der Waals surface area contributed by atoms with Gasteiger partial charge in [0.15, 0.2) is 0 Å². The molecule has 0 unspecified atom stereocenters. The van der Waals surface area contributed by atoms with Gasteiger partial charge in [0, 0.05) is 31.6 Å². The number of sulfonamides is 1. The summed E-state index contributed by atoms with van der Waals surface area (Å²) in [5.41, 5.74) is 1.17. The van der Waals surface area contributed by atoms with E-state index in [0.29, 0.717) is 24.4 Å². The number of rotatable bonds is 9. The van der Waals surface area contributed by atoms with Gasteiger partial charge in [0.2, 0.25) is 10.0 Å². The summed E-state index contributed by atoms with van der Waals surface area (Å²) in [6.45, 7) is 9.80. The van der Waals surface area contributed by atoms with Crippen LogP contribution in [0.4, 0.5) is 0 Å². The molecule has 1 N–H and O–H groups in total. The van der Waals surface area contributed by atoms with Crippen LogP contribution < -0.4 is 4.72 Å². The van der Waals surface area contributed by atoms with Gasteiger partial charge in [-0.05, 0) is 41.0 Å². The molecule has 1 heterocycles. The lowest BCUT2D eigenvalue weighted by molar-refractivity contribution is 0.0521. The van der Waals surface area contributed by atoms with Crippen molar-refractivity contribution in [2.75, 3.05) is 19.8 Å². The minimum Gasteiger partial charge on any atom is -0.462 e. The molecule has 0 aliphatic heterocycles. The molecule has 0 radical (unpaired) electrons. The number of esters is 1. The highest BCUT2D eigenvalue weighted by atomic mass is 32.2. The van der Waals surface area contributed by atoms with Crippen molar-refractivity contribution < 1.29 is 22.7 Å². The van der Waals surface area contributed by atoms with Crippen molar-refractivity contribution in [3.8, 4) is 0 Å². The summed E-state index contributed by atoms with van der Waals surface area (Å²) in [5, 5.41) is 0. The summed E-state index contributed by atoms with van der Waals surface area (Å²) in [6, 6.07) is 0. The lowest BCUT2D eigenvalue weighted by Crippen LogP contribution is -2.28. The summed E-state index contributed by atoms with van der Waals surface area (Å²) in [6.07, 6.45) is 0.660. The van der Waals surface area contributed by atoms with Crippen molar-refractivity contribution >= 4 is 16.0 Å². The van der Waals surface area contributed by atoms with Crippen LogP contribution in [0.3, 0.4) is 0 Å². The molecule has 8 heteroatoms. The number of hydrogen-bond acceptors (Lipinski definition) is 5. The van der Waals surface area contributed by atoms with Crippen LogP contribution >= 0.6 is 0 Å². The summed E-state index contributed by atoms with van der Waals surface area (Å²) in [5.74, 6) is -0.623. The lowest BCUT2D eigenvalue weighted by atomic mass is 10.2. The van der Waals surface area contributed by atoms with Gasteiger partial charge in [-0.2, -0.15) is 0 Å². The third kappa shape index (κ3) is 4.81. The zero-order valence-electron chi connectivity index (χ0n) is 15.3. The van der Waals surface area contributed by atoms with Crippen LogP contribution in [-0.4, -0.2) is 44.8 Å². The third-order valence-corrected chi connectivity index (χ3v) is 5.36. The molecule has 1 rings (SSSR count). The van der Waals surface area contributed by atoms with Crippen LogP contribution in [0.1, 0.15) is 48.9 Å². The number of nitrogens with one attached hydrogen (secondary N) is 1. The van der Waals surface area contributed by atoms with Gasteiger partial charge in [0.25, 0.3) is 0 Å². The molecule has 0 aliphatic carbocycles. The molecule has 0 spiro atoms. The van der Waals surface area contributed by atoms with Gasteiger partial charge in [0.05, 0.1) is 12.7 Å². The molecule has 0 saturated carbocycles. The Morgan fingerprint density at radius 2 is 1.88 bits per heavy atom. The minimum absolute atomic E-state index is 0.00859. The van der Waals surface area contributed by atoms with E-state index >= 15 is 0 Å². The molecule has 0 amide bonds.